The van der Waals surface area contributed by atoms with E-state index in [0.29, 0.717) is 12.8 Å². The maximum absolute atomic E-state index is 13.9. The molecule has 0 radical (unpaired) electrons. The van der Waals surface area contributed by atoms with Gasteiger partial charge in [0, 0.05) is 11.7 Å². The molecule has 0 bridgehead atoms. The summed E-state index contributed by atoms with van der Waals surface area (Å²) >= 11 is 0. The van der Waals surface area contributed by atoms with Gasteiger partial charge >= 0.3 is 20.4 Å². The number of sulfonamides is 2. The number of nitrogens with zero attached hydrogens (tertiary/aromatic N) is 2. The van der Waals surface area contributed by atoms with Crippen molar-refractivity contribution in [2.24, 2.45) is 0 Å². The van der Waals surface area contributed by atoms with Gasteiger partial charge < -0.3 is 12.1 Å². The third kappa shape index (κ3) is 6.57. The summed E-state index contributed by atoms with van der Waals surface area (Å²) in [5.41, 5.74) is 2.30. The van der Waals surface area contributed by atoms with Crippen LogP contribution in [0.2, 0.25) is 0 Å². The molecule has 36 heavy (non-hydrogen) atoms. The minimum Gasteiger partial charge on any atom is -0.571 e. The van der Waals surface area contributed by atoms with Crippen molar-refractivity contribution in [3.8, 4) is 0 Å². The Balaban J connectivity index is 0.00000228. The second kappa shape index (κ2) is 12.4. The smallest absolute Gasteiger partial charge is 0.571 e. The van der Waals surface area contributed by atoms with Gasteiger partial charge in [-0.3, -0.25) is 4.31 Å². The molecule has 0 aliphatic heterocycles. The van der Waals surface area contributed by atoms with Gasteiger partial charge in [-0.25, -0.2) is 16.8 Å². The Kier molecular flexibility index (Phi) is 10.3. The molecule has 0 aromatic heterocycles. The molecule has 6 nitrogen and oxygen atoms in total. The van der Waals surface area contributed by atoms with Gasteiger partial charge in [-0.1, -0.05) is 72.9 Å². The van der Waals surface area contributed by atoms with Crippen LogP contribution in [0.5, 0.6) is 0 Å². The number of benzene rings is 3. The maximum Gasteiger partial charge on any atom is 2.00 e. The molecule has 1 aliphatic carbocycles. The molecular formula is C27H32N2O4PdS2. The number of hydrogen-bond donors (Lipinski definition) is 0. The monoisotopic (exact) mass is 618 g/mol. The molecule has 1 saturated carbocycles. The van der Waals surface area contributed by atoms with Crippen LogP contribution in [0, 0.1) is 21.3 Å². The van der Waals surface area contributed by atoms with Gasteiger partial charge in [0.05, 0.1) is 9.79 Å². The van der Waals surface area contributed by atoms with Crippen LogP contribution < -0.4 is 4.31 Å². The van der Waals surface area contributed by atoms with Gasteiger partial charge in [-0.15, -0.1) is 5.69 Å². The van der Waals surface area contributed by atoms with E-state index in [-0.39, 0.29) is 55.1 Å². The van der Waals surface area contributed by atoms with E-state index >= 15 is 0 Å². The maximum atomic E-state index is 13.9. The van der Waals surface area contributed by atoms with Crippen LogP contribution in [-0.4, -0.2) is 22.9 Å². The van der Waals surface area contributed by atoms with E-state index in [4.69, 9.17) is 0 Å². The Morgan fingerprint density at radius 3 is 1.78 bits per heavy atom. The van der Waals surface area contributed by atoms with E-state index in [1.54, 1.807) is 60.7 Å². The fourth-order valence-electron chi connectivity index (χ4n) is 4.28. The van der Waals surface area contributed by atoms with Gasteiger partial charge in [0.1, 0.15) is 10.0 Å². The van der Waals surface area contributed by atoms with Crippen molar-refractivity contribution in [1.82, 2.24) is 0 Å². The molecule has 0 atom stereocenters. The first-order valence-electron chi connectivity index (χ1n) is 11.4. The van der Waals surface area contributed by atoms with Gasteiger partial charge in [0.25, 0.3) is 10.0 Å². The summed E-state index contributed by atoms with van der Waals surface area (Å²) in [6.07, 6.45) is 4.33. The molecule has 4 rings (SSSR count). The summed E-state index contributed by atoms with van der Waals surface area (Å²) in [6, 6.07) is 19.5. The summed E-state index contributed by atoms with van der Waals surface area (Å²) in [6.45, 7) is 3.78. The van der Waals surface area contributed by atoms with Gasteiger partial charge in [0.15, 0.2) is 0 Å². The normalized spacial score (nSPS) is 14.3. The van der Waals surface area contributed by atoms with E-state index < -0.39 is 20.0 Å². The quantitative estimate of drug-likeness (QED) is 0.219. The first-order valence-corrected chi connectivity index (χ1v) is 14.3. The molecule has 3 aromatic carbocycles. The van der Waals surface area contributed by atoms with Gasteiger partial charge in [-0.05, 0) is 57.0 Å². The van der Waals surface area contributed by atoms with Gasteiger partial charge in [-0.2, -0.15) is 0 Å². The average molecular weight is 619 g/mol. The summed E-state index contributed by atoms with van der Waals surface area (Å²) in [7, 11) is -7.97. The average Bonchev–Trinajstić information content (AvgIpc) is 2.81. The van der Waals surface area contributed by atoms with Crippen LogP contribution in [0.3, 0.4) is 0 Å². The molecule has 1 fully saturated rings. The summed E-state index contributed by atoms with van der Waals surface area (Å²) in [5, 5.41) is 0. The predicted octanol–water partition coefficient (Wildman–Crippen LogP) is 6.67. The first kappa shape index (κ1) is 30.0. The SMILES string of the molecule is Cc1ccc(S(=O)(=O)[N-]c2ccccc2N(C2CCCCC2)S(=O)(=O)c2ccc(C)cc2)cc1.[CH3-].[Pd+2]. The van der Waals surface area contributed by atoms with Crippen molar-refractivity contribution in [2.45, 2.75) is 61.8 Å². The minimum atomic E-state index is -4.03. The van der Waals surface area contributed by atoms with Crippen molar-refractivity contribution in [1.29, 1.82) is 0 Å². The zero-order valence-electron chi connectivity index (χ0n) is 20.7. The van der Waals surface area contributed by atoms with E-state index in [0.717, 1.165) is 30.4 Å². The molecule has 0 heterocycles. The Morgan fingerprint density at radius 1 is 0.722 bits per heavy atom. The standard InChI is InChI=1S/C26H29N2O4S2.CH3.Pd/c1-20-12-16-23(17-13-20)33(29,30)27-25-10-6-7-11-26(25)28(22-8-4-3-5-9-22)34(31,32)24-18-14-21(2)15-19-24;;/h6-7,10-19,22H,3-5,8-9H2,1-2H3;1H3;/q2*-1;+2. The van der Waals surface area contributed by atoms with E-state index in [2.05, 4.69) is 4.72 Å². The third-order valence-corrected chi connectivity index (χ3v) is 9.33. The van der Waals surface area contributed by atoms with E-state index in [9.17, 15) is 16.8 Å². The molecule has 9 heteroatoms. The zero-order valence-corrected chi connectivity index (χ0v) is 23.9. The Morgan fingerprint density at radius 2 is 1.22 bits per heavy atom. The molecule has 0 unspecified atom stereocenters. The molecule has 1 aliphatic rings. The Labute approximate surface area is 229 Å². The van der Waals surface area contributed by atoms with Crippen molar-refractivity contribution in [3.63, 3.8) is 0 Å². The second-order valence-corrected chi connectivity index (χ2v) is 12.2. The summed E-state index contributed by atoms with van der Waals surface area (Å²) < 4.78 is 59.5. The summed E-state index contributed by atoms with van der Waals surface area (Å²) in [5.74, 6) is 0. The van der Waals surface area contributed by atoms with Crippen LogP contribution in [0.1, 0.15) is 43.2 Å². The van der Waals surface area contributed by atoms with Crippen molar-refractivity contribution < 1.29 is 37.3 Å². The van der Waals surface area contributed by atoms with E-state index in [1.165, 1.54) is 16.4 Å². The van der Waals surface area contributed by atoms with Crippen LogP contribution in [0.25, 0.3) is 4.72 Å². The zero-order chi connectivity index (χ0) is 24.3. The molecule has 0 saturated heterocycles. The molecule has 0 spiro atoms. The molecular weight excluding hydrogens is 587 g/mol. The van der Waals surface area contributed by atoms with Crippen molar-refractivity contribution in [3.05, 3.63) is 96.1 Å². The fourth-order valence-corrected chi connectivity index (χ4v) is 7.00. The molecule has 3 aromatic rings. The number of hydrogen-bond acceptors (Lipinski definition) is 4. The first-order chi connectivity index (χ1) is 16.2. The largest absolute Gasteiger partial charge is 2.00 e. The molecule has 0 N–H and O–H groups in total. The second-order valence-electron chi connectivity index (χ2n) is 8.77. The van der Waals surface area contributed by atoms with Gasteiger partial charge in [0.2, 0.25) is 0 Å². The van der Waals surface area contributed by atoms with Crippen LogP contribution >= 0.6 is 0 Å². The van der Waals surface area contributed by atoms with Crippen LogP contribution in [0.15, 0.2) is 82.6 Å². The third-order valence-electron chi connectivity index (χ3n) is 6.14. The minimum absolute atomic E-state index is 0. The predicted molar refractivity (Wildman–Crippen MR) is 142 cm³/mol. The van der Waals surface area contributed by atoms with Crippen molar-refractivity contribution >= 4 is 31.4 Å². The topological polar surface area (TPSA) is 85.6 Å². The number of rotatable bonds is 7. The number of para-hydroxylation sites is 1. The summed E-state index contributed by atoms with van der Waals surface area (Å²) in [4.78, 5) is 0.248. The Hall–Kier alpha value is -2.18. The van der Waals surface area contributed by atoms with E-state index in [1.807, 2.05) is 13.8 Å². The fraction of sp³-hybridized carbons (Fsp3) is 0.296. The number of aryl methyl sites for hydroxylation is 2. The van der Waals surface area contributed by atoms with Crippen molar-refractivity contribution in [2.75, 3.05) is 4.31 Å². The number of anilines is 1. The van der Waals surface area contributed by atoms with Crippen LogP contribution in [-0.2, 0) is 40.5 Å². The van der Waals surface area contributed by atoms with Crippen LogP contribution in [0.4, 0.5) is 11.4 Å². The molecule has 0 amide bonds. The molecule has 196 valence electrons. The Bertz CT molecular complexity index is 1350.